The first-order valence-corrected chi connectivity index (χ1v) is 9.06. The number of fused-ring (bicyclic) bond motifs is 1. The summed E-state index contributed by atoms with van der Waals surface area (Å²) < 4.78 is 10.8. The largest absolute Gasteiger partial charge is 0.493 e. The van der Waals surface area contributed by atoms with Crippen molar-refractivity contribution in [1.29, 1.82) is 0 Å². The number of aromatic amines is 1. The molecular weight excluding hydrogens is 382 g/mol. The molecule has 1 N–H and O–H groups in total. The van der Waals surface area contributed by atoms with E-state index in [9.17, 15) is 9.59 Å². The van der Waals surface area contributed by atoms with Crippen molar-refractivity contribution in [3.8, 4) is 11.5 Å². The zero-order valence-electron chi connectivity index (χ0n) is 15.8. The fourth-order valence-corrected chi connectivity index (χ4v) is 3.12. The lowest BCUT2D eigenvalue weighted by molar-refractivity contribution is 0.0781. The summed E-state index contributed by atoms with van der Waals surface area (Å²) in [5.74, 6) is 0.873. The lowest BCUT2D eigenvalue weighted by Gasteiger charge is -2.18. The normalized spacial score (nSPS) is 10.7. The highest BCUT2D eigenvalue weighted by atomic mass is 35.5. The predicted molar refractivity (Wildman–Crippen MR) is 107 cm³/mol. The summed E-state index contributed by atoms with van der Waals surface area (Å²) >= 11 is 6.25. The van der Waals surface area contributed by atoms with E-state index in [1.165, 1.54) is 18.1 Å². The van der Waals surface area contributed by atoms with Gasteiger partial charge in [-0.15, -0.1) is 0 Å². The topological polar surface area (TPSA) is 84.5 Å². The number of aromatic nitrogens is 2. The van der Waals surface area contributed by atoms with Gasteiger partial charge in [0.05, 0.1) is 36.2 Å². The summed E-state index contributed by atoms with van der Waals surface area (Å²) in [4.78, 5) is 33.6. The van der Waals surface area contributed by atoms with Crippen LogP contribution >= 0.6 is 11.6 Å². The first kappa shape index (κ1) is 19.7. The maximum atomic E-state index is 12.8. The van der Waals surface area contributed by atoms with E-state index in [2.05, 4.69) is 9.97 Å². The van der Waals surface area contributed by atoms with E-state index >= 15 is 0 Å². The Morgan fingerprint density at radius 2 is 2.04 bits per heavy atom. The third-order valence-electron chi connectivity index (χ3n) is 4.16. The quantitative estimate of drug-likeness (QED) is 0.685. The van der Waals surface area contributed by atoms with E-state index in [0.29, 0.717) is 40.4 Å². The van der Waals surface area contributed by atoms with Gasteiger partial charge in [0.1, 0.15) is 5.82 Å². The minimum absolute atomic E-state index is 0.131. The molecule has 0 aliphatic heterocycles. The molecule has 0 aliphatic carbocycles. The molecule has 0 radical (unpaired) electrons. The van der Waals surface area contributed by atoms with Crippen molar-refractivity contribution < 1.29 is 14.3 Å². The molecule has 2 aromatic carbocycles. The third-order valence-corrected chi connectivity index (χ3v) is 4.44. The first-order chi connectivity index (χ1) is 13.4. The average molecular weight is 402 g/mol. The van der Waals surface area contributed by atoms with Gasteiger partial charge in [0, 0.05) is 12.6 Å². The highest BCUT2D eigenvalue weighted by Crippen LogP contribution is 2.36. The van der Waals surface area contributed by atoms with E-state index in [1.807, 2.05) is 13.0 Å². The van der Waals surface area contributed by atoms with E-state index in [-0.39, 0.29) is 23.0 Å². The highest BCUT2D eigenvalue weighted by Gasteiger charge is 2.19. The van der Waals surface area contributed by atoms with Gasteiger partial charge >= 0.3 is 0 Å². The predicted octanol–water partition coefficient (Wildman–Crippen LogP) is 3.26. The molecule has 0 saturated heterocycles. The average Bonchev–Trinajstić information content (AvgIpc) is 2.68. The first-order valence-electron chi connectivity index (χ1n) is 8.68. The number of para-hydroxylation sites is 1. The van der Waals surface area contributed by atoms with Gasteiger partial charge in [-0.2, -0.15) is 0 Å². The van der Waals surface area contributed by atoms with E-state index in [4.69, 9.17) is 21.1 Å². The number of hydrogen-bond donors (Lipinski definition) is 1. The van der Waals surface area contributed by atoms with E-state index in [1.54, 1.807) is 31.3 Å². The van der Waals surface area contributed by atoms with Crippen molar-refractivity contribution in [2.24, 2.45) is 0 Å². The van der Waals surface area contributed by atoms with Crippen LogP contribution in [0.1, 0.15) is 23.1 Å². The maximum absolute atomic E-state index is 12.8. The van der Waals surface area contributed by atoms with Crippen molar-refractivity contribution in [2.75, 3.05) is 20.8 Å². The smallest absolute Gasteiger partial charge is 0.258 e. The number of carbonyl (C=O) groups excluding carboxylic acids is 1. The molecule has 0 aliphatic rings. The molecule has 0 saturated carbocycles. The number of nitrogens with zero attached hydrogens (tertiary/aromatic N) is 2. The minimum atomic E-state index is -0.293. The molecule has 1 amide bonds. The van der Waals surface area contributed by atoms with Crippen molar-refractivity contribution in [3.05, 3.63) is 63.2 Å². The molecule has 0 bridgehead atoms. The summed E-state index contributed by atoms with van der Waals surface area (Å²) in [6.07, 6.45) is 0. The van der Waals surface area contributed by atoms with Crippen LogP contribution in [0.3, 0.4) is 0 Å². The lowest BCUT2D eigenvalue weighted by atomic mass is 10.1. The summed E-state index contributed by atoms with van der Waals surface area (Å²) in [6.45, 7) is 2.39. The fraction of sp³-hybridized carbons (Fsp3) is 0.250. The van der Waals surface area contributed by atoms with Gasteiger partial charge < -0.3 is 19.4 Å². The van der Waals surface area contributed by atoms with Crippen molar-refractivity contribution in [2.45, 2.75) is 13.5 Å². The molecule has 0 spiro atoms. The van der Waals surface area contributed by atoms with Crippen LogP contribution in [-0.4, -0.2) is 41.5 Å². The third kappa shape index (κ3) is 3.94. The standard InChI is InChI=1S/C20H20ClN3O4/c1-4-28-18-14(21)9-12(10-16(18)27-3)20(26)24(2)11-17-22-15-8-6-5-7-13(15)19(25)23-17/h5-10H,4,11H2,1-3H3,(H,22,23,25). The number of carbonyl (C=O) groups is 1. The number of H-pyrrole nitrogens is 1. The number of nitrogens with one attached hydrogen (secondary N) is 1. The van der Waals surface area contributed by atoms with Crippen molar-refractivity contribution >= 4 is 28.4 Å². The van der Waals surface area contributed by atoms with E-state index in [0.717, 1.165) is 0 Å². The van der Waals surface area contributed by atoms with Crippen LogP contribution in [0.25, 0.3) is 10.9 Å². The van der Waals surface area contributed by atoms with Crippen LogP contribution < -0.4 is 15.0 Å². The molecule has 3 aromatic rings. The van der Waals surface area contributed by atoms with Crippen molar-refractivity contribution in [3.63, 3.8) is 0 Å². The Kier molecular flexibility index (Phi) is 5.84. The highest BCUT2D eigenvalue weighted by molar-refractivity contribution is 6.32. The van der Waals surface area contributed by atoms with Gasteiger partial charge in [-0.3, -0.25) is 9.59 Å². The lowest BCUT2D eigenvalue weighted by Crippen LogP contribution is -2.28. The van der Waals surface area contributed by atoms with Gasteiger partial charge in [0.25, 0.3) is 11.5 Å². The molecule has 3 rings (SSSR count). The van der Waals surface area contributed by atoms with Crippen LogP contribution in [0.2, 0.25) is 5.02 Å². The molecule has 7 nitrogen and oxygen atoms in total. The van der Waals surface area contributed by atoms with Crippen LogP contribution in [0, 0.1) is 0 Å². The van der Waals surface area contributed by atoms with Crippen LogP contribution in [-0.2, 0) is 6.54 Å². The van der Waals surface area contributed by atoms with Gasteiger partial charge in [-0.05, 0) is 31.2 Å². The molecular formula is C20H20ClN3O4. The van der Waals surface area contributed by atoms with Crippen LogP contribution in [0.5, 0.6) is 11.5 Å². The van der Waals surface area contributed by atoms with E-state index < -0.39 is 0 Å². The molecule has 0 unspecified atom stereocenters. The Morgan fingerprint density at radius 3 is 2.75 bits per heavy atom. The van der Waals surface area contributed by atoms with Crippen LogP contribution in [0.15, 0.2) is 41.2 Å². The molecule has 0 fully saturated rings. The fourth-order valence-electron chi connectivity index (χ4n) is 2.85. The van der Waals surface area contributed by atoms with Gasteiger partial charge in [-0.25, -0.2) is 4.98 Å². The van der Waals surface area contributed by atoms with Gasteiger partial charge in [-0.1, -0.05) is 23.7 Å². The number of ether oxygens (including phenoxy) is 2. The second-order valence-electron chi connectivity index (χ2n) is 6.11. The molecule has 1 aromatic heterocycles. The zero-order valence-corrected chi connectivity index (χ0v) is 16.5. The number of hydrogen-bond acceptors (Lipinski definition) is 5. The molecule has 0 atom stereocenters. The Morgan fingerprint density at radius 1 is 1.29 bits per heavy atom. The molecule has 146 valence electrons. The Bertz CT molecular complexity index is 1080. The Labute approximate surface area is 166 Å². The Hall–Kier alpha value is -3.06. The summed E-state index contributed by atoms with van der Waals surface area (Å²) in [5.41, 5.74) is 0.677. The number of benzene rings is 2. The SMILES string of the molecule is CCOc1c(Cl)cc(C(=O)N(C)Cc2nc3ccccc3c(=O)[nH]2)cc1OC. The number of methoxy groups -OCH3 is 1. The molecule has 28 heavy (non-hydrogen) atoms. The van der Waals surface area contributed by atoms with Gasteiger partial charge in [0.2, 0.25) is 0 Å². The maximum Gasteiger partial charge on any atom is 0.258 e. The summed E-state index contributed by atoms with van der Waals surface area (Å²) in [7, 11) is 3.10. The molecule has 8 heteroatoms. The number of amides is 1. The minimum Gasteiger partial charge on any atom is -0.493 e. The second kappa shape index (κ2) is 8.31. The van der Waals surface area contributed by atoms with Crippen LogP contribution in [0.4, 0.5) is 0 Å². The zero-order chi connectivity index (χ0) is 20.3. The number of halogens is 1. The Balaban J connectivity index is 1.87. The van der Waals surface area contributed by atoms with Crippen molar-refractivity contribution in [1.82, 2.24) is 14.9 Å². The summed E-state index contributed by atoms with van der Waals surface area (Å²) in [5, 5.41) is 0.790. The second-order valence-corrected chi connectivity index (χ2v) is 6.52. The monoisotopic (exact) mass is 401 g/mol. The van der Waals surface area contributed by atoms with Gasteiger partial charge in [0.15, 0.2) is 11.5 Å². The number of rotatable bonds is 6. The summed E-state index contributed by atoms with van der Waals surface area (Å²) in [6, 6.07) is 10.1. The molecule has 1 heterocycles.